The molecule has 3 heteroatoms. The zero-order valence-electron chi connectivity index (χ0n) is 13.0. The summed E-state index contributed by atoms with van der Waals surface area (Å²) in [6.07, 6.45) is 2.66. The molecule has 0 saturated carbocycles. The van der Waals surface area contributed by atoms with Crippen molar-refractivity contribution < 1.29 is 4.57 Å². The standard InChI is InChI=1S/C19H20N3/c1-15-7-6-10-18-19(15)21(13-17-8-4-3-5-9-17)14-22(18)16(2)11-12-20/h3-10,14,16H,11,13H2,1-2H3/q+1. The first-order valence-corrected chi connectivity index (χ1v) is 7.61. The molecule has 110 valence electrons. The Morgan fingerprint density at radius 3 is 2.64 bits per heavy atom. The van der Waals surface area contributed by atoms with Crippen LogP contribution in [0.1, 0.15) is 30.5 Å². The van der Waals surface area contributed by atoms with Gasteiger partial charge in [-0.15, -0.1) is 0 Å². The number of benzene rings is 2. The molecule has 0 spiro atoms. The van der Waals surface area contributed by atoms with Gasteiger partial charge in [-0.25, -0.2) is 9.13 Å². The van der Waals surface area contributed by atoms with Crippen LogP contribution in [0.3, 0.4) is 0 Å². The zero-order chi connectivity index (χ0) is 15.5. The van der Waals surface area contributed by atoms with E-state index < -0.39 is 0 Å². The molecule has 1 atom stereocenters. The van der Waals surface area contributed by atoms with Crippen molar-refractivity contribution in [1.82, 2.24) is 4.57 Å². The Morgan fingerprint density at radius 1 is 1.14 bits per heavy atom. The predicted octanol–water partition coefficient (Wildman–Crippen LogP) is 3.76. The maximum atomic E-state index is 9.00. The molecule has 3 nitrogen and oxygen atoms in total. The van der Waals surface area contributed by atoms with Gasteiger partial charge in [0.05, 0.1) is 12.5 Å². The fourth-order valence-corrected chi connectivity index (χ4v) is 2.98. The Labute approximate surface area is 131 Å². The maximum Gasteiger partial charge on any atom is 0.245 e. The van der Waals surface area contributed by atoms with E-state index in [0.717, 1.165) is 6.54 Å². The van der Waals surface area contributed by atoms with Gasteiger partial charge in [-0.3, -0.25) is 0 Å². The lowest BCUT2D eigenvalue weighted by Crippen LogP contribution is -2.33. The van der Waals surface area contributed by atoms with Gasteiger partial charge in [0.15, 0.2) is 11.0 Å². The number of aryl methyl sites for hydroxylation is 1. The molecule has 1 heterocycles. The fourth-order valence-electron chi connectivity index (χ4n) is 2.98. The number of hydrogen-bond acceptors (Lipinski definition) is 1. The Morgan fingerprint density at radius 2 is 1.91 bits per heavy atom. The van der Waals surface area contributed by atoms with E-state index in [1.54, 1.807) is 0 Å². The van der Waals surface area contributed by atoms with Crippen LogP contribution in [-0.2, 0) is 6.54 Å². The predicted molar refractivity (Wildman–Crippen MR) is 87.4 cm³/mol. The number of rotatable bonds is 4. The largest absolute Gasteiger partial charge is 0.245 e. The molecule has 0 aliphatic rings. The molecule has 3 rings (SSSR count). The highest BCUT2D eigenvalue weighted by Gasteiger charge is 2.21. The molecule has 0 radical (unpaired) electrons. The normalized spacial score (nSPS) is 12.2. The molecule has 2 aromatic carbocycles. The Balaban J connectivity index is 2.12. The van der Waals surface area contributed by atoms with E-state index in [0.29, 0.717) is 6.42 Å². The van der Waals surface area contributed by atoms with Gasteiger partial charge in [-0.1, -0.05) is 42.5 Å². The van der Waals surface area contributed by atoms with E-state index in [2.05, 4.69) is 77.8 Å². The number of aromatic nitrogens is 2. The van der Waals surface area contributed by atoms with Crippen LogP contribution in [-0.4, -0.2) is 4.57 Å². The smallest absolute Gasteiger partial charge is 0.226 e. The molecule has 3 aromatic rings. The van der Waals surface area contributed by atoms with Crippen molar-refractivity contribution in [2.45, 2.75) is 32.9 Å². The van der Waals surface area contributed by atoms with E-state index in [4.69, 9.17) is 5.26 Å². The third kappa shape index (κ3) is 2.60. The lowest BCUT2D eigenvalue weighted by atomic mass is 10.1. The second-order valence-electron chi connectivity index (χ2n) is 5.79. The number of hydrogen-bond donors (Lipinski definition) is 0. The fraction of sp³-hybridized carbons (Fsp3) is 0.263. The van der Waals surface area contributed by atoms with Crippen molar-refractivity contribution in [1.29, 1.82) is 5.26 Å². The minimum absolute atomic E-state index is 0.173. The summed E-state index contributed by atoms with van der Waals surface area (Å²) in [5.41, 5.74) is 4.98. The highest BCUT2D eigenvalue weighted by molar-refractivity contribution is 5.75. The van der Waals surface area contributed by atoms with Gasteiger partial charge in [0.25, 0.3) is 0 Å². The van der Waals surface area contributed by atoms with Gasteiger partial charge in [0.1, 0.15) is 12.6 Å². The highest BCUT2D eigenvalue weighted by atomic mass is 15.1. The van der Waals surface area contributed by atoms with Crippen LogP contribution >= 0.6 is 0 Å². The Hall–Kier alpha value is -2.60. The molecule has 22 heavy (non-hydrogen) atoms. The molecule has 0 amide bonds. The third-order valence-corrected chi connectivity index (χ3v) is 4.10. The van der Waals surface area contributed by atoms with Crippen LogP contribution < -0.4 is 4.57 Å². The molecule has 1 aromatic heterocycles. The number of imidazole rings is 1. The summed E-state index contributed by atoms with van der Waals surface area (Å²) in [6, 6.07) is 19.3. The zero-order valence-corrected chi connectivity index (χ0v) is 13.0. The number of nitrogens with zero attached hydrogens (tertiary/aromatic N) is 3. The molecular formula is C19H20N3+. The lowest BCUT2D eigenvalue weighted by Gasteiger charge is -2.03. The van der Waals surface area contributed by atoms with E-state index >= 15 is 0 Å². The van der Waals surface area contributed by atoms with Crippen molar-refractivity contribution in [2.24, 2.45) is 0 Å². The van der Waals surface area contributed by atoms with Crippen molar-refractivity contribution in [3.05, 3.63) is 66.0 Å². The summed E-state index contributed by atoms with van der Waals surface area (Å²) in [4.78, 5) is 0. The van der Waals surface area contributed by atoms with E-state index in [9.17, 15) is 0 Å². The summed E-state index contributed by atoms with van der Waals surface area (Å²) in [7, 11) is 0. The molecule has 0 aliphatic heterocycles. The number of nitriles is 1. The Kier molecular flexibility index (Phi) is 3.93. The van der Waals surface area contributed by atoms with Gasteiger partial charge in [0.2, 0.25) is 6.33 Å². The minimum atomic E-state index is 0.173. The molecular weight excluding hydrogens is 270 g/mol. The summed E-state index contributed by atoms with van der Waals surface area (Å²) in [5.74, 6) is 0. The van der Waals surface area contributed by atoms with Crippen LogP contribution in [0.15, 0.2) is 54.9 Å². The van der Waals surface area contributed by atoms with E-state index in [1.165, 1.54) is 22.2 Å². The van der Waals surface area contributed by atoms with Crippen molar-refractivity contribution in [3.63, 3.8) is 0 Å². The first-order valence-electron chi connectivity index (χ1n) is 7.61. The first kappa shape index (κ1) is 14.3. The summed E-state index contributed by atoms with van der Waals surface area (Å²) in [6.45, 7) is 5.08. The minimum Gasteiger partial charge on any atom is -0.226 e. The van der Waals surface area contributed by atoms with Gasteiger partial charge in [-0.05, 0) is 25.5 Å². The quantitative estimate of drug-likeness (QED) is 0.673. The van der Waals surface area contributed by atoms with Crippen LogP contribution in [0.25, 0.3) is 11.0 Å². The monoisotopic (exact) mass is 290 g/mol. The summed E-state index contributed by atoms with van der Waals surface area (Å²) >= 11 is 0. The summed E-state index contributed by atoms with van der Waals surface area (Å²) < 4.78 is 4.50. The Bertz CT molecular complexity index is 825. The van der Waals surface area contributed by atoms with Gasteiger partial charge in [-0.2, -0.15) is 5.26 Å². The molecule has 1 unspecified atom stereocenters. The van der Waals surface area contributed by atoms with E-state index in [1.807, 2.05) is 6.07 Å². The molecule has 0 aliphatic carbocycles. The second-order valence-corrected chi connectivity index (χ2v) is 5.79. The molecule has 0 N–H and O–H groups in total. The average molecular weight is 290 g/mol. The maximum absolute atomic E-state index is 9.00. The SMILES string of the molecule is Cc1cccc2c1[n+](Cc1ccccc1)cn2C(C)CC#N. The topological polar surface area (TPSA) is 32.6 Å². The molecule has 0 saturated heterocycles. The highest BCUT2D eigenvalue weighted by Crippen LogP contribution is 2.21. The van der Waals surface area contributed by atoms with Crippen molar-refractivity contribution in [3.8, 4) is 6.07 Å². The van der Waals surface area contributed by atoms with Crippen molar-refractivity contribution >= 4 is 11.0 Å². The van der Waals surface area contributed by atoms with Gasteiger partial charge >= 0.3 is 0 Å². The molecule has 0 bridgehead atoms. The summed E-state index contributed by atoms with van der Waals surface area (Å²) in [5, 5.41) is 9.00. The third-order valence-electron chi connectivity index (χ3n) is 4.10. The van der Waals surface area contributed by atoms with Crippen LogP contribution in [0.4, 0.5) is 0 Å². The van der Waals surface area contributed by atoms with Gasteiger partial charge in [0, 0.05) is 5.56 Å². The van der Waals surface area contributed by atoms with E-state index in [-0.39, 0.29) is 6.04 Å². The first-order chi connectivity index (χ1) is 10.7. The van der Waals surface area contributed by atoms with Gasteiger partial charge < -0.3 is 0 Å². The van der Waals surface area contributed by atoms with Crippen LogP contribution in [0.2, 0.25) is 0 Å². The van der Waals surface area contributed by atoms with Crippen LogP contribution in [0.5, 0.6) is 0 Å². The number of fused-ring (bicyclic) bond motifs is 1. The molecule has 0 fully saturated rings. The average Bonchev–Trinajstić information content (AvgIpc) is 2.89. The second kappa shape index (κ2) is 6.03. The lowest BCUT2D eigenvalue weighted by molar-refractivity contribution is -0.663. The van der Waals surface area contributed by atoms with Crippen molar-refractivity contribution in [2.75, 3.05) is 0 Å². The van der Waals surface area contributed by atoms with Crippen LogP contribution in [0, 0.1) is 18.3 Å². The number of para-hydroxylation sites is 1.